The highest BCUT2D eigenvalue weighted by Gasteiger charge is 2.29. The summed E-state index contributed by atoms with van der Waals surface area (Å²) in [6.45, 7) is 4.74. The molecule has 1 aliphatic heterocycles. The summed E-state index contributed by atoms with van der Waals surface area (Å²) in [4.78, 5) is 15.0. The molecular formula is C18H30N4O. The van der Waals surface area contributed by atoms with Crippen molar-refractivity contribution in [3.63, 3.8) is 0 Å². The largest absolute Gasteiger partial charge is 0.350 e. The fourth-order valence-electron chi connectivity index (χ4n) is 4.12. The highest BCUT2D eigenvalue weighted by atomic mass is 16.1. The molecule has 23 heavy (non-hydrogen) atoms. The Kier molecular flexibility index (Phi) is 5.36. The maximum atomic E-state index is 12.4. The lowest BCUT2D eigenvalue weighted by Crippen LogP contribution is -2.45. The van der Waals surface area contributed by atoms with Crippen LogP contribution in [0.3, 0.4) is 0 Å². The van der Waals surface area contributed by atoms with Crippen LogP contribution < -0.4 is 5.32 Å². The molecule has 1 aromatic rings. The van der Waals surface area contributed by atoms with Crippen LogP contribution in [-0.4, -0.2) is 39.7 Å². The van der Waals surface area contributed by atoms with Gasteiger partial charge in [0.05, 0.1) is 17.9 Å². The maximum Gasteiger partial charge on any atom is 0.223 e. The Bertz CT molecular complexity index is 525. The van der Waals surface area contributed by atoms with Crippen LogP contribution in [0.15, 0.2) is 6.07 Å². The van der Waals surface area contributed by atoms with Gasteiger partial charge < -0.3 is 10.2 Å². The van der Waals surface area contributed by atoms with Crippen LogP contribution in [0.25, 0.3) is 0 Å². The molecular weight excluding hydrogens is 288 g/mol. The quantitative estimate of drug-likeness (QED) is 0.927. The lowest BCUT2D eigenvalue weighted by molar-refractivity contribution is -0.126. The Balaban J connectivity index is 1.43. The number of piperidine rings is 1. The molecule has 0 radical (unpaired) electrons. The number of carbonyl (C=O) groups excluding carboxylic acids is 1. The molecule has 2 aliphatic rings. The molecule has 0 bridgehead atoms. The van der Waals surface area contributed by atoms with Crippen molar-refractivity contribution >= 4 is 5.91 Å². The summed E-state index contributed by atoms with van der Waals surface area (Å²) in [5.74, 6) is 0.399. The lowest BCUT2D eigenvalue weighted by atomic mass is 9.90. The van der Waals surface area contributed by atoms with Crippen molar-refractivity contribution in [1.29, 1.82) is 0 Å². The molecule has 0 spiro atoms. The van der Waals surface area contributed by atoms with E-state index in [1.807, 2.05) is 24.7 Å². The van der Waals surface area contributed by atoms with Gasteiger partial charge in [0.15, 0.2) is 0 Å². The van der Waals surface area contributed by atoms with E-state index < -0.39 is 0 Å². The minimum atomic E-state index is 0.184. The standard InChI is InChI=1S/C18H30N4O/c1-14-12-17(21(2)20-14)13-19-18(23)15-8-10-22(11-9-15)16-6-4-3-5-7-16/h12,15-16H,3-11,13H2,1-2H3,(H,19,23). The molecule has 5 heteroatoms. The summed E-state index contributed by atoms with van der Waals surface area (Å²) in [6.07, 6.45) is 8.90. The van der Waals surface area contributed by atoms with Gasteiger partial charge in [0.1, 0.15) is 0 Å². The predicted octanol–water partition coefficient (Wildman–Crippen LogP) is 2.39. The number of nitrogens with one attached hydrogen (secondary N) is 1. The summed E-state index contributed by atoms with van der Waals surface area (Å²) in [5.41, 5.74) is 2.06. The van der Waals surface area contributed by atoms with Crippen LogP contribution in [-0.2, 0) is 18.4 Å². The topological polar surface area (TPSA) is 50.2 Å². The summed E-state index contributed by atoms with van der Waals surface area (Å²) < 4.78 is 1.85. The molecule has 5 nitrogen and oxygen atoms in total. The molecule has 0 atom stereocenters. The first-order valence-corrected chi connectivity index (χ1v) is 9.15. The average Bonchev–Trinajstić information content (AvgIpc) is 2.91. The van der Waals surface area contributed by atoms with Gasteiger partial charge in [-0.2, -0.15) is 5.10 Å². The minimum absolute atomic E-state index is 0.184. The second kappa shape index (κ2) is 7.47. The molecule has 2 heterocycles. The van der Waals surface area contributed by atoms with E-state index in [0.717, 1.165) is 43.4 Å². The Morgan fingerprint density at radius 2 is 1.91 bits per heavy atom. The highest BCUT2D eigenvalue weighted by molar-refractivity contribution is 5.78. The van der Waals surface area contributed by atoms with E-state index in [1.54, 1.807) is 0 Å². The first kappa shape index (κ1) is 16.5. The van der Waals surface area contributed by atoms with Crippen LogP contribution in [0, 0.1) is 12.8 Å². The van der Waals surface area contributed by atoms with Crippen LogP contribution in [0.1, 0.15) is 56.3 Å². The van der Waals surface area contributed by atoms with Gasteiger partial charge in [-0.25, -0.2) is 0 Å². The van der Waals surface area contributed by atoms with Gasteiger partial charge in [-0.3, -0.25) is 9.48 Å². The molecule has 1 saturated heterocycles. The van der Waals surface area contributed by atoms with E-state index in [1.165, 1.54) is 32.1 Å². The number of amides is 1. The fraction of sp³-hybridized carbons (Fsp3) is 0.778. The molecule has 1 aliphatic carbocycles. The number of likely N-dealkylation sites (tertiary alicyclic amines) is 1. The van der Waals surface area contributed by atoms with Gasteiger partial charge in [0.25, 0.3) is 0 Å². The Morgan fingerprint density at radius 1 is 1.22 bits per heavy atom. The zero-order chi connectivity index (χ0) is 16.2. The first-order valence-electron chi connectivity index (χ1n) is 9.15. The van der Waals surface area contributed by atoms with E-state index in [4.69, 9.17) is 0 Å². The summed E-state index contributed by atoms with van der Waals surface area (Å²) in [6, 6.07) is 2.82. The normalized spacial score (nSPS) is 21.5. The van der Waals surface area contributed by atoms with Crippen LogP contribution >= 0.6 is 0 Å². The van der Waals surface area contributed by atoms with Crippen LogP contribution in [0.5, 0.6) is 0 Å². The molecule has 3 rings (SSSR count). The zero-order valence-electron chi connectivity index (χ0n) is 14.6. The van der Waals surface area contributed by atoms with E-state index in [-0.39, 0.29) is 11.8 Å². The molecule has 128 valence electrons. The number of aromatic nitrogens is 2. The SMILES string of the molecule is Cc1cc(CNC(=O)C2CCN(C3CCCCC3)CC2)n(C)n1. The van der Waals surface area contributed by atoms with Crippen molar-refractivity contribution in [3.05, 3.63) is 17.5 Å². The van der Waals surface area contributed by atoms with Crippen molar-refractivity contribution in [2.24, 2.45) is 13.0 Å². The maximum absolute atomic E-state index is 12.4. The molecule has 1 N–H and O–H groups in total. The molecule has 0 aromatic carbocycles. The van der Waals surface area contributed by atoms with E-state index >= 15 is 0 Å². The van der Waals surface area contributed by atoms with Crippen LogP contribution in [0.2, 0.25) is 0 Å². The number of hydrogen-bond acceptors (Lipinski definition) is 3. The van der Waals surface area contributed by atoms with Crippen molar-refractivity contribution in [1.82, 2.24) is 20.0 Å². The first-order chi connectivity index (χ1) is 11.1. The summed E-state index contributed by atoms with van der Waals surface area (Å²) >= 11 is 0. The molecule has 2 fully saturated rings. The lowest BCUT2D eigenvalue weighted by Gasteiger charge is -2.38. The van der Waals surface area contributed by atoms with Gasteiger partial charge >= 0.3 is 0 Å². The predicted molar refractivity (Wildman–Crippen MR) is 91.0 cm³/mol. The molecule has 0 unspecified atom stereocenters. The Labute approximate surface area is 139 Å². The van der Waals surface area contributed by atoms with Gasteiger partial charge in [-0.05, 0) is 51.8 Å². The second-order valence-corrected chi connectivity index (χ2v) is 7.22. The Hall–Kier alpha value is -1.36. The third kappa shape index (κ3) is 4.14. The number of hydrogen-bond donors (Lipinski definition) is 1. The number of rotatable bonds is 4. The van der Waals surface area contributed by atoms with E-state index in [2.05, 4.69) is 15.3 Å². The number of nitrogens with zero attached hydrogens (tertiary/aromatic N) is 3. The van der Waals surface area contributed by atoms with Gasteiger partial charge in [-0.15, -0.1) is 0 Å². The van der Waals surface area contributed by atoms with Crippen molar-refractivity contribution in [3.8, 4) is 0 Å². The van der Waals surface area contributed by atoms with Gasteiger partial charge in [0.2, 0.25) is 5.91 Å². The molecule has 1 amide bonds. The van der Waals surface area contributed by atoms with Gasteiger partial charge in [-0.1, -0.05) is 19.3 Å². The average molecular weight is 318 g/mol. The Morgan fingerprint density at radius 3 is 2.52 bits per heavy atom. The monoisotopic (exact) mass is 318 g/mol. The van der Waals surface area contributed by atoms with Crippen LogP contribution in [0.4, 0.5) is 0 Å². The smallest absolute Gasteiger partial charge is 0.223 e. The second-order valence-electron chi connectivity index (χ2n) is 7.22. The third-order valence-corrected chi connectivity index (χ3v) is 5.53. The third-order valence-electron chi connectivity index (χ3n) is 5.53. The van der Waals surface area contributed by atoms with E-state index in [9.17, 15) is 4.79 Å². The summed E-state index contributed by atoms with van der Waals surface area (Å²) in [7, 11) is 1.93. The van der Waals surface area contributed by atoms with Crippen molar-refractivity contribution in [2.75, 3.05) is 13.1 Å². The number of carbonyl (C=O) groups is 1. The molecule has 1 saturated carbocycles. The zero-order valence-corrected chi connectivity index (χ0v) is 14.6. The van der Waals surface area contributed by atoms with Crippen molar-refractivity contribution in [2.45, 2.75) is 64.5 Å². The minimum Gasteiger partial charge on any atom is -0.350 e. The summed E-state index contributed by atoms with van der Waals surface area (Å²) in [5, 5.41) is 7.42. The van der Waals surface area contributed by atoms with Gasteiger partial charge in [0, 0.05) is 19.0 Å². The number of aryl methyl sites for hydroxylation is 2. The fourth-order valence-corrected chi connectivity index (χ4v) is 4.12. The van der Waals surface area contributed by atoms with E-state index in [0.29, 0.717) is 6.54 Å². The highest BCUT2D eigenvalue weighted by Crippen LogP contribution is 2.27. The molecule has 1 aromatic heterocycles. The van der Waals surface area contributed by atoms with Crippen molar-refractivity contribution < 1.29 is 4.79 Å².